The van der Waals surface area contributed by atoms with Crippen molar-refractivity contribution < 1.29 is 14.2 Å². The van der Waals surface area contributed by atoms with Crippen LogP contribution in [0.2, 0.25) is 0 Å². The Hall–Kier alpha value is -2.81. The first kappa shape index (κ1) is 21.4. The van der Waals surface area contributed by atoms with E-state index in [9.17, 15) is 9.59 Å². The van der Waals surface area contributed by atoms with Gasteiger partial charge in [-0.2, -0.15) is 0 Å². The fourth-order valence-electron chi connectivity index (χ4n) is 4.50. The van der Waals surface area contributed by atoms with E-state index in [4.69, 9.17) is 0 Å². The summed E-state index contributed by atoms with van der Waals surface area (Å²) in [4.78, 5) is 33.7. The van der Waals surface area contributed by atoms with Crippen molar-refractivity contribution in [1.82, 2.24) is 30.4 Å². The molecule has 31 heavy (non-hydrogen) atoms. The van der Waals surface area contributed by atoms with E-state index < -0.39 is 0 Å². The highest BCUT2D eigenvalue weighted by atomic mass is 16.6. The Labute approximate surface area is 182 Å². The number of carbonyl (C=O) groups excluding carboxylic acids is 2. The maximum Gasteiger partial charge on any atom is 0.228 e. The fraction of sp³-hybridized carbons (Fsp3) is 0.591. The predicted octanol–water partition coefficient (Wildman–Crippen LogP) is 1.33. The quantitative estimate of drug-likeness (QED) is 0.743. The van der Waals surface area contributed by atoms with E-state index in [-0.39, 0.29) is 24.2 Å². The third-order valence-corrected chi connectivity index (χ3v) is 6.47. The molecule has 4 rings (SSSR count). The topological polar surface area (TPSA) is 104 Å². The lowest BCUT2D eigenvalue weighted by Gasteiger charge is -2.41. The zero-order valence-electron chi connectivity index (χ0n) is 18.0. The Morgan fingerprint density at radius 1 is 1.10 bits per heavy atom. The second kappa shape index (κ2) is 10.00. The van der Waals surface area contributed by atoms with Gasteiger partial charge in [-0.05, 0) is 57.8 Å². The standard InChI is InChI=1S/C22H30N6O3/c1-16-20(26-31-25-16)14-21(29)28-12-7-19(8-13-28)27-10-5-17(6-11-27)22(30)24-15-18-4-2-3-9-23-18/h2-4,9,17,19H,5-8,10-15H2,1H3,(H,24,30). The van der Waals surface area contributed by atoms with Crippen LogP contribution in [0.25, 0.3) is 0 Å². The van der Waals surface area contributed by atoms with Gasteiger partial charge in [-0.25, -0.2) is 4.63 Å². The second-order valence-corrected chi connectivity index (χ2v) is 8.43. The molecule has 2 aliphatic heterocycles. The minimum absolute atomic E-state index is 0.0703. The highest BCUT2D eigenvalue weighted by Gasteiger charge is 2.31. The van der Waals surface area contributed by atoms with E-state index in [1.807, 2.05) is 23.1 Å². The minimum Gasteiger partial charge on any atom is -0.350 e. The normalized spacial score (nSPS) is 18.8. The maximum atomic E-state index is 12.5. The van der Waals surface area contributed by atoms with Gasteiger partial charge in [0.25, 0.3) is 0 Å². The largest absolute Gasteiger partial charge is 0.350 e. The Balaban J connectivity index is 1.17. The predicted molar refractivity (Wildman–Crippen MR) is 113 cm³/mol. The molecule has 2 aromatic heterocycles. The molecule has 2 aliphatic rings. The van der Waals surface area contributed by atoms with Crippen LogP contribution >= 0.6 is 0 Å². The summed E-state index contributed by atoms with van der Waals surface area (Å²) in [5, 5.41) is 10.6. The highest BCUT2D eigenvalue weighted by Crippen LogP contribution is 2.24. The molecule has 0 aliphatic carbocycles. The van der Waals surface area contributed by atoms with Gasteiger partial charge < -0.3 is 15.1 Å². The van der Waals surface area contributed by atoms with Crippen molar-refractivity contribution >= 4 is 11.8 Å². The van der Waals surface area contributed by atoms with Gasteiger partial charge >= 0.3 is 0 Å². The Kier molecular flexibility index (Phi) is 6.91. The number of hydrogen-bond donors (Lipinski definition) is 1. The summed E-state index contributed by atoms with van der Waals surface area (Å²) in [6, 6.07) is 6.20. The number of rotatable bonds is 6. The van der Waals surface area contributed by atoms with Gasteiger partial charge in [-0.3, -0.25) is 14.6 Å². The molecule has 0 radical (unpaired) electrons. The van der Waals surface area contributed by atoms with Crippen LogP contribution in [0, 0.1) is 12.8 Å². The number of pyridine rings is 1. The van der Waals surface area contributed by atoms with Gasteiger partial charge in [0.05, 0.1) is 18.7 Å². The number of piperidine rings is 2. The number of likely N-dealkylation sites (tertiary alicyclic amines) is 2. The third kappa shape index (κ3) is 5.46. The summed E-state index contributed by atoms with van der Waals surface area (Å²) < 4.78 is 4.68. The fourth-order valence-corrected chi connectivity index (χ4v) is 4.50. The lowest BCUT2D eigenvalue weighted by molar-refractivity contribution is -0.132. The zero-order valence-corrected chi connectivity index (χ0v) is 18.0. The number of amides is 2. The summed E-state index contributed by atoms with van der Waals surface area (Å²) >= 11 is 0. The number of aryl methyl sites for hydroxylation is 1. The van der Waals surface area contributed by atoms with Crippen LogP contribution in [0.15, 0.2) is 29.0 Å². The summed E-state index contributed by atoms with van der Waals surface area (Å²) in [6.45, 7) is 5.68. The van der Waals surface area contributed by atoms with Gasteiger partial charge in [-0.15, -0.1) is 0 Å². The molecule has 2 saturated heterocycles. The van der Waals surface area contributed by atoms with Crippen LogP contribution in [-0.2, 0) is 22.6 Å². The molecule has 2 aromatic rings. The molecule has 2 amide bonds. The van der Waals surface area contributed by atoms with Crippen LogP contribution in [-0.4, -0.2) is 69.1 Å². The van der Waals surface area contributed by atoms with Crippen molar-refractivity contribution in [3.05, 3.63) is 41.5 Å². The Morgan fingerprint density at radius 3 is 2.52 bits per heavy atom. The molecular formula is C22H30N6O3. The van der Waals surface area contributed by atoms with E-state index in [0.717, 1.165) is 57.6 Å². The Bertz CT molecular complexity index is 870. The van der Waals surface area contributed by atoms with Gasteiger partial charge in [0, 0.05) is 31.2 Å². The lowest BCUT2D eigenvalue weighted by Crippen LogP contribution is -2.50. The smallest absolute Gasteiger partial charge is 0.228 e. The van der Waals surface area contributed by atoms with Crippen LogP contribution in [0.5, 0.6) is 0 Å². The highest BCUT2D eigenvalue weighted by molar-refractivity contribution is 5.79. The first-order chi connectivity index (χ1) is 15.1. The molecule has 4 heterocycles. The monoisotopic (exact) mass is 426 g/mol. The third-order valence-electron chi connectivity index (χ3n) is 6.47. The molecular weight excluding hydrogens is 396 g/mol. The van der Waals surface area contributed by atoms with Gasteiger partial charge in [0.1, 0.15) is 11.4 Å². The van der Waals surface area contributed by atoms with Crippen molar-refractivity contribution in [2.45, 2.75) is 51.6 Å². The first-order valence-corrected chi connectivity index (χ1v) is 11.1. The molecule has 9 heteroatoms. The molecule has 0 unspecified atom stereocenters. The van der Waals surface area contributed by atoms with E-state index in [2.05, 4.69) is 30.1 Å². The molecule has 0 saturated carbocycles. The summed E-state index contributed by atoms with van der Waals surface area (Å²) in [5.41, 5.74) is 2.18. The van der Waals surface area contributed by atoms with Crippen LogP contribution in [0.1, 0.15) is 42.8 Å². The van der Waals surface area contributed by atoms with Gasteiger partial charge in [0.15, 0.2) is 0 Å². The van der Waals surface area contributed by atoms with Crippen molar-refractivity contribution in [3.63, 3.8) is 0 Å². The molecule has 1 N–H and O–H groups in total. The van der Waals surface area contributed by atoms with Crippen LogP contribution in [0.4, 0.5) is 0 Å². The molecule has 0 atom stereocenters. The molecule has 0 spiro atoms. The minimum atomic E-state index is 0.0703. The average molecular weight is 427 g/mol. The molecule has 2 fully saturated rings. The van der Waals surface area contributed by atoms with Crippen molar-refractivity contribution in [3.8, 4) is 0 Å². The zero-order chi connectivity index (χ0) is 21.6. The van der Waals surface area contributed by atoms with Gasteiger partial charge in [0.2, 0.25) is 11.8 Å². The number of nitrogens with zero attached hydrogens (tertiary/aromatic N) is 5. The summed E-state index contributed by atoms with van der Waals surface area (Å²) in [5.74, 6) is 0.282. The molecule has 0 aromatic carbocycles. The van der Waals surface area contributed by atoms with E-state index in [1.54, 1.807) is 13.1 Å². The second-order valence-electron chi connectivity index (χ2n) is 8.43. The first-order valence-electron chi connectivity index (χ1n) is 11.1. The average Bonchev–Trinajstić information content (AvgIpc) is 3.22. The van der Waals surface area contributed by atoms with E-state index >= 15 is 0 Å². The van der Waals surface area contributed by atoms with E-state index in [1.165, 1.54) is 0 Å². The van der Waals surface area contributed by atoms with Crippen LogP contribution < -0.4 is 5.32 Å². The summed E-state index contributed by atoms with van der Waals surface area (Å²) in [6.07, 6.45) is 5.69. The number of aromatic nitrogens is 3. The molecule has 9 nitrogen and oxygen atoms in total. The number of nitrogens with one attached hydrogen (secondary N) is 1. The number of carbonyl (C=O) groups is 2. The van der Waals surface area contributed by atoms with Crippen LogP contribution in [0.3, 0.4) is 0 Å². The molecule has 0 bridgehead atoms. The SMILES string of the molecule is Cc1nonc1CC(=O)N1CCC(N2CCC(C(=O)NCc3ccccn3)CC2)CC1. The Morgan fingerprint density at radius 2 is 1.87 bits per heavy atom. The van der Waals surface area contributed by atoms with Crippen molar-refractivity contribution in [2.24, 2.45) is 5.92 Å². The van der Waals surface area contributed by atoms with E-state index in [0.29, 0.717) is 24.0 Å². The number of hydrogen-bond acceptors (Lipinski definition) is 7. The lowest BCUT2D eigenvalue weighted by atomic mass is 9.92. The molecule has 166 valence electrons. The van der Waals surface area contributed by atoms with Crippen molar-refractivity contribution in [1.29, 1.82) is 0 Å². The van der Waals surface area contributed by atoms with Crippen molar-refractivity contribution in [2.75, 3.05) is 26.2 Å². The maximum absolute atomic E-state index is 12.5. The van der Waals surface area contributed by atoms with Gasteiger partial charge in [-0.1, -0.05) is 16.4 Å². The summed E-state index contributed by atoms with van der Waals surface area (Å²) in [7, 11) is 0.